The van der Waals surface area contributed by atoms with Crippen molar-refractivity contribution in [3.05, 3.63) is 72.1 Å². The number of likely N-dealkylation sites (N-methyl/N-ethyl adjacent to an activating group) is 1. The molecule has 0 saturated heterocycles. The van der Waals surface area contributed by atoms with Crippen LogP contribution >= 0.6 is 0 Å². The molecule has 31 heavy (non-hydrogen) atoms. The van der Waals surface area contributed by atoms with Crippen molar-refractivity contribution in [3.63, 3.8) is 0 Å². The predicted molar refractivity (Wildman–Crippen MR) is 119 cm³/mol. The number of para-hydroxylation sites is 1. The molecule has 1 unspecified atom stereocenters. The van der Waals surface area contributed by atoms with Gasteiger partial charge in [-0.05, 0) is 25.1 Å². The number of imidazole rings is 1. The van der Waals surface area contributed by atoms with E-state index < -0.39 is 0 Å². The van der Waals surface area contributed by atoms with Crippen molar-refractivity contribution >= 4 is 16.7 Å². The van der Waals surface area contributed by atoms with Gasteiger partial charge in [-0.15, -0.1) is 0 Å². The smallest absolute Gasteiger partial charge is 0.238 e. The van der Waals surface area contributed by atoms with Crippen LogP contribution in [0.4, 0.5) is 0 Å². The van der Waals surface area contributed by atoms with Gasteiger partial charge < -0.3 is 23.6 Å². The molecule has 0 radical (unpaired) electrons. The summed E-state index contributed by atoms with van der Waals surface area (Å²) in [5.41, 5.74) is 4.82. The van der Waals surface area contributed by atoms with Gasteiger partial charge in [0.15, 0.2) is 5.84 Å². The number of hydrogen-bond donors (Lipinski definition) is 0. The standard InChI is InChI=1S/C23H24N6O2/c1-15-11-29(14-24-15)20-10-9-18(25-23(20)30-4)22-26-31-13-21(28(22)3)17-12-27(2)19-8-6-5-7-16(17)19/h5-12,14,21H,13H2,1-4H3. The summed E-state index contributed by atoms with van der Waals surface area (Å²) in [6, 6.07) is 12.3. The maximum Gasteiger partial charge on any atom is 0.238 e. The molecular formula is C23H24N6O2. The molecule has 1 aromatic carbocycles. The highest BCUT2D eigenvalue weighted by Crippen LogP contribution is 2.32. The summed E-state index contributed by atoms with van der Waals surface area (Å²) < 4.78 is 9.61. The van der Waals surface area contributed by atoms with E-state index in [0.717, 1.165) is 11.4 Å². The molecule has 4 aromatic rings. The number of aromatic nitrogens is 4. The predicted octanol–water partition coefficient (Wildman–Crippen LogP) is 3.44. The Morgan fingerprint density at radius 3 is 2.71 bits per heavy atom. The van der Waals surface area contributed by atoms with Gasteiger partial charge >= 0.3 is 0 Å². The molecule has 8 heteroatoms. The highest BCUT2D eigenvalue weighted by atomic mass is 16.6. The molecule has 0 spiro atoms. The number of fused-ring (bicyclic) bond motifs is 1. The van der Waals surface area contributed by atoms with Gasteiger partial charge in [-0.2, -0.15) is 0 Å². The van der Waals surface area contributed by atoms with Crippen molar-refractivity contribution in [3.8, 4) is 11.6 Å². The maximum absolute atomic E-state index is 5.66. The van der Waals surface area contributed by atoms with Gasteiger partial charge in [-0.3, -0.25) is 0 Å². The second kappa shape index (κ2) is 7.46. The van der Waals surface area contributed by atoms with Crippen LogP contribution in [0, 0.1) is 6.92 Å². The zero-order chi connectivity index (χ0) is 21.5. The number of nitrogens with zero attached hydrogens (tertiary/aromatic N) is 6. The molecule has 5 rings (SSSR count). The molecule has 0 fully saturated rings. The SMILES string of the molecule is COc1nc(C2=NOCC(c3cn(C)c4ccccc34)N2C)ccc1-n1cnc(C)c1. The number of methoxy groups -OCH3 is 1. The Hall–Kier alpha value is -3.81. The molecule has 8 nitrogen and oxygen atoms in total. The molecular weight excluding hydrogens is 392 g/mol. The van der Waals surface area contributed by atoms with E-state index in [1.54, 1.807) is 13.4 Å². The quantitative estimate of drug-likeness (QED) is 0.510. The number of rotatable bonds is 4. The lowest BCUT2D eigenvalue weighted by Gasteiger charge is -2.32. The first-order valence-electron chi connectivity index (χ1n) is 10.1. The van der Waals surface area contributed by atoms with Crippen LogP contribution in [0.5, 0.6) is 5.88 Å². The van der Waals surface area contributed by atoms with E-state index in [-0.39, 0.29) is 6.04 Å². The van der Waals surface area contributed by atoms with Crippen LogP contribution in [0.3, 0.4) is 0 Å². The summed E-state index contributed by atoms with van der Waals surface area (Å²) in [4.78, 5) is 16.8. The van der Waals surface area contributed by atoms with Gasteiger partial charge in [-0.25, -0.2) is 9.97 Å². The number of benzene rings is 1. The molecule has 1 aliphatic heterocycles. The summed E-state index contributed by atoms with van der Waals surface area (Å²) in [5.74, 6) is 1.16. The van der Waals surface area contributed by atoms with E-state index in [2.05, 4.69) is 57.1 Å². The Labute approximate surface area is 180 Å². The second-order valence-corrected chi connectivity index (χ2v) is 7.70. The summed E-state index contributed by atoms with van der Waals surface area (Å²) in [5, 5.41) is 5.54. The number of oxime groups is 1. The monoisotopic (exact) mass is 416 g/mol. The zero-order valence-electron chi connectivity index (χ0n) is 18.0. The number of amidine groups is 1. The number of hydrogen-bond acceptors (Lipinski definition) is 6. The van der Waals surface area contributed by atoms with Crippen LogP contribution in [0.1, 0.15) is 23.0 Å². The van der Waals surface area contributed by atoms with Gasteiger partial charge in [0.05, 0.1) is 25.2 Å². The average molecular weight is 416 g/mol. The van der Waals surface area contributed by atoms with Crippen LogP contribution in [0.15, 0.2) is 60.3 Å². The Morgan fingerprint density at radius 1 is 1.10 bits per heavy atom. The van der Waals surface area contributed by atoms with Crippen molar-refractivity contribution < 1.29 is 9.57 Å². The van der Waals surface area contributed by atoms with E-state index in [1.807, 2.05) is 36.9 Å². The van der Waals surface area contributed by atoms with Crippen molar-refractivity contribution in [1.82, 2.24) is 24.0 Å². The van der Waals surface area contributed by atoms with Crippen LogP contribution in [-0.2, 0) is 11.9 Å². The minimum absolute atomic E-state index is 0.0161. The van der Waals surface area contributed by atoms with E-state index in [0.29, 0.717) is 24.0 Å². The highest BCUT2D eigenvalue weighted by molar-refractivity contribution is 5.98. The van der Waals surface area contributed by atoms with E-state index in [9.17, 15) is 0 Å². The fraction of sp³-hybridized carbons (Fsp3) is 0.261. The second-order valence-electron chi connectivity index (χ2n) is 7.70. The first kappa shape index (κ1) is 19.2. The Morgan fingerprint density at radius 2 is 1.94 bits per heavy atom. The van der Waals surface area contributed by atoms with Crippen molar-refractivity contribution in [1.29, 1.82) is 0 Å². The Balaban J connectivity index is 1.51. The van der Waals surface area contributed by atoms with Crippen molar-refractivity contribution in [2.24, 2.45) is 12.2 Å². The summed E-state index contributed by atoms with van der Waals surface area (Å²) in [6.07, 6.45) is 5.85. The highest BCUT2D eigenvalue weighted by Gasteiger charge is 2.30. The lowest BCUT2D eigenvalue weighted by atomic mass is 10.0. The van der Waals surface area contributed by atoms with Gasteiger partial charge in [0.1, 0.15) is 18.0 Å². The minimum atomic E-state index is 0.0161. The lowest BCUT2D eigenvalue weighted by molar-refractivity contribution is 0.0701. The number of pyridine rings is 1. The topological polar surface area (TPSA) is 69.7 Å². The average Bonchev–Trinajstić information content (AvgIpc) is 3.37. The van der Waals surface area contributed by atoms with Crippen LogP contribution in [0.25, 0.3) is 16.6 Å². The van der Waals surface area contributed by atoms with Gasteiger partial charge in [0, 0.05) is 43.0 Å². The first-order valence-corrected chi connectivity index (χ1v) is 10.1. The van der Waals surface area contributed by atoms with Gasteiger partial charge in [0.2, 0.25) is 5.88 Å². The molecule has 0 saturated carbocycles. The fourth-order valence-corrected chi connectivity index (χ4v) is 4.11. The Bertz CT molecular complexity index is 1290. The summed E-state index contributed by atoms with van der Waals surface area (Å²) in [6.45, 7) is 2.42. The molecule has 0 aliphatic carbocycles. The number of ether oxygens (including phenoxy) is 1. The van der Waals surface area contributed by atoms with Crippen molar-refractivity contribution in [2.75, 3.05) is 20.8 Å². The molecule has 3 aromatic heterocycles. The Kier molecular flexibility index (Phi) is 4.62. The molecule has 158 valence electrons. The first-order chi connectivity index (χ1) is 15.1. The van der Waals surface area contributed by atoms with E-state index in [1.165, 1.54) is 16.5 Å². The third-order valence-corrected chi connectivity index (χ3v) is 5.72. The summed E-state index contributed by atoms with van der Waals surface area (Å²) in [7, 11) is 5.70. The molecule has 0 amide bonds. The lowest BCUT2D eigenvalue weighted by Crippen LogP contribution is -2.38. The van der Waals surface area contributed by atoms with E-state index >= 15 is 0 Å². The third kappa shape index (κ3) is 3.20. The summed E-state index contributed by atoms with van der Waals surface area (Å²) >= 11 is 0. The van der Waals surface area contributed by atoms with Gasteiger partial charge in [0.25, 0.3) is 0 Å². The van der Waals surface area contributed by atoms with Crippen LogP contribution in [-0.4, -0.2) is 50.6 Å². The minimum Gasteiger partial charge on any atom is -0.479 e. The third-order valence-electron chi connectivity index (χ3n) is 5.72. The molecule has 1 atom stereocenters. The molecule has 1 aliphatic rings. The number of aryl methyl sites for hydroxylation is 2. The molecule has 0 N–H and O–H groups in total. The van der Waals surface area contributed by atoms with Crippen molar-refractivity contribution in [2.45, 2.75) is 13.0 Å². The van der Waals surface area contributed by atoms with Crippen LogP contribution < -0.4 is 4.74 Å². The van der Waals surface area contributed by atoms with Crippen LogP contribution in [0.2, 0.25) is 0 Å². The van der Waals surface area contributed by atoms with E-state index in [4.69, 9.17) is 14.6 Å². The maximum atomic E-state index is 5.66. The molecule has 0 bridgehead atoms. The molecule has 4 heterocycles. The fourth-order valence-electron chi connectivity index (χ4n) is 4.11. The normalized spacial score (nSPS) is 16.3. The zero-order valence-corrected chi connectivity index (χ0v) is 18.0. The largest absolute Gasteiger partial charge is 0.479 e. The van der Waals surface area contributed by atoms with Gasteiger partial charge in [-0.1, -0.05) is 23.4 Å².